The Labute approximate surface area is 244 Å². The minimum atomic E-state index is -0.394. The maximum absolute atomic E-state index is 13.6. The van der Waals surface area contributed by atoms with Gasteiger partial charge in [0.15, 0.2) is 0 Å². The summed E-state index contributed by atoms with van der Waals surface area (Å²) in [6.45, 7) is 4.29. The van der Waals surface area contributed by atoms with Gasteiger partial charge < -0.3 is 16.4 Å². The Morgan fingerprint density at radius 1 is 1.12 bits per heavy atom. The number of carbonyl (C=O) groups is 1. The molecular formula is C34H35FN6O. The summed E-state index contributed by atoms with van der Waals surface area (Å²) in [4.78, 5) is 22.8. The van der Waals surface area contributed by atoms with Crippen molar-refractivity contribution >= 4 is 39.3 Å². The highest BCUT2D eigenvalue weighted by atomic mass is 19.1. The second kappa shape index (κ2) is 11.4. The summed E-state index contributed by atoms with van der Waals surface area (Å²) in [6.07, 6.45) is 7.31. The Morgan fingerprint density at radius 3 is 2.64 bits per heavy atom. The number of nitrogens with two attached hydrogens (primary N) is 1. The topological polar surface area (TPSA) is 97.3 Å². The first-order valence-electron chi connectivity index (χ1n) is 14.4. The van der Waals surface area contributed by atoms with E-state index in [0.29, 0.717) is 17.5 Å². The summed E-state index contributed by atoms with van der Waals surface area (Å²) in [7, 11) is 2.01. The number of nitrogens with one attached hydrogen (secondary N) is 2. The molecule has 0 spiro atoms. The van der Waals surface area contributed by atoms with Crippen LogP contribution in [0.5, 0.6) is 0 Å². The molecule has 6 rings (SSSR count). The van der Waals surface area contributed by atoms with Crippen molar-refractivity contribution in [1.29, 1.82) is 0 Å². The van der Waals surface area contributed by atoms with E-state index in [-0.39, 0.29) is 18.2 Å². The van der Waals surface area contributed by atoms with Crippen LogP contribution in [0, 0.1) is 5.82 Å². The summed E-state index contributed by atoms with van der Waals surface area (Å²) in [5.41, 5.74) is 12.7. The van der Waals surface area contributed by atoms with Crippen LogP contribution in [-0.4, -0.2) is 33.4 Å². The smallest absolute Gasteiger partial charge is 0.228 e. The molecule has 1 aliphatic rings. The number of rotatable bonds is 7. The zero-order chi connectivity index (χ0) is 29.4. The third-order valence-corrected chi connectivity index (χ3v) is 8.10. The first kappa shape index (κ1) is 27.6. The van der Waals surface area contributed by atoms with Gasteiger partial charge in [0.1, 0.15) is 28.7 Å². The van der Waals surface area contributed by atoms with Crippen LogP contribution in [0.25, 0.3) is 33.1 Å². The van der Waals surface area contributed by atoms with Crippen molar-refractivity contribution < 1.29 is 9.18 Å². The average molecular weight is 563 g/mol. The fourth-order valence-electron chi connectivity index (χ4n) is 5.98. The first-order valence-corrected chi connectivity index (χ1v) is 14.4. The lowest BCUT2D eigenvalue weighted by atomic mass is 9.93. The molecule has 7 nitrogen and oxygen atoms in total. The molecular weight excluding hydrogens is 527 g/mol. The van der Waals surface area contributed by atoms with Gasteiger partial charge in [0.25, 0.3) is 0 Å². The van der Waals surface area contributed by atoms with Gasteiger partial charge in [-0.2, -0.15) is 0 Å². The van der Waals surface area contributed by atoms with Crippen LogP contribution in [0.15, 0.2) is 72.9 Å². The summed E-state index contributed by atoms with van der Waals surface area (Å²) in [5.74, 6) is 0.906. The Morgan fingerprint density at radius 2 is 1.90 bits per heavy atom. The van der Waals surface area contributed by atoms with E-state index in [9.17, 15) is 9.18 Å². The minimum absolute atomic E-state index is 0.147. The number of benzene rings is 3. The molecule has 214 valence electrons. The molecule has 1 amide bonds. The number of carbonyl (C=O) groups excluding carboxylic acids is 1. The van der Waals surface area contributed by atoms with E-state index in [1.54, 1.807) is 12.1 Å². The zero-order valence-corrected chi connectivity index (χ0v) is 24.1. The molecule has 5 aromatic rings. The molecule has 2 heterocycles. The molecule has 1 atom stereocenters. The van der Waals surface area contributed by atoms with Crippen LogP contribution in [0.2, 0.25) is 0 Å². The lowest BCUT2D eigenvalue weighted by Gasteiger charge is -2.22. The maximum atomic E-state index is 13.6. The van der Waals surface area contributed by atoms with Gasteiger partial charge >= 0.3 is 0 Å². The second-order valence-electron chi connectivity index (χ2n) is 11.2. The van der Waals surface area contributed by atoms with Crippen LogP contribution >= 0.6 is 0 Å². The highest BCUT2D eigenvalue weighted by molar-refractivity contribution is 6.04. The fourth-order valence-corrected chi connectivity index (χ4v) is 5.98. The largest absolute Gasteiger partial charge is 0.382 e. The lowest BCUT2D eigenvalue weighted by molar-refractivity contribution is -0.115. The van der Waals surface area contributed by atoms with Crippen LogP contribution < -0.4 is 16.4 Å². The molecule has 0 bridgehead atoms. The number of halogens is 1. The highest BCUT2D eigenvalue weighted by Crippen LogP contribution is 2.38. The van der Waals surface area contributed by atoms with Crippen LogP contribution in [-0.2, 0) is 11.2 Å². The van der Waals surface area contributed by atoms with Crippen molar-refractivity contribution in [3.63, 3.8) is 0 Å². The number of allylic oxidation sites excluding steroid dienone is 1. The molecule has 0 aliphatic heterocycles. The van der Waals surface area contributed by atoms with E-state index in [1.807, 2.05) is 43.6 Å². The Balaban J connectivity index is 1.45. The molecule has 4 N–H and O–H groups in total. The molecule has 1 aliphatic carbocycles. The molecule has 42 heavy (non-hydrogen) atoms. The number of nitrogens with zero attached hydrogens (tertiary/aromatic N) is 3. The molecule has 1 unspecified atom stereocenters. The van der Waals surface area contributed by atoms with Gasteiger partial charge in [-0.25, -0.2) is 14.4 Å². The zero-order valence-electron chi connectivity index (χ0n) is 24.1. The van der Waals surface area contributed by atoms with Crippen molar-refractivity contribution in [3.8, 4) is 11.3 Å². The fraction of sp³-hybridized carbons (Fsp3) is 0.265. The second-order valence-corrected chi connectivity index (χ2v) is 11.2. The van der Waals surface area contributed by atoms with E-state index in [0.717, 1.165) is 63.9 Å². The van der Waals surface area contributed by atoms with Crippen LogP contribution in [0.4, 0.5) is 15.9 Å². The van der Waals surface area contributed by atoms with E-state index < -0.39 is 5.82 Å². The van der Waals surface area contributed by atoms with Crippen molar-refractivity contribution in [2.75, 3.05) is 18.1 Å². The average Bonchev–Trinajstić information content (AvgIpc) is 3.39. The molecule has 0 saturated heterocycles. The van der Waals surface area contributed by atoms with Gasteiger partial charge in [0, 0.05) is 23.2 Å². The SMILES string of the molecule is CNC1CC=C(c2cnc(N)c3c(-c4cccc5c(CC(=O)Nc6cccc(F)c6)cccc45)nc(C(C)C)n23)CC1. The standard InChI is InChI=1S/C34H35FN6O/c1-20(2)34-40-31(32-33(36)38-19-29(41(32)34)21-13-15-24(37-3)16-14-21)28-12-6-10-26-22(7-4-11-27(26)28)17-30(42)39-25-9-5-8-23(35)18-25/h4-13,18-20,24,37H,14-17H2,1-3H3,(H2,36,38)(H,39,42). The summed E-state index contributed by atoms with van der Waals surface area (Å²) in [6, 6.07) is 18.4. The number of fused-ring (bicyclic) bond motifs is 2. The normalized spacial score (nSPS) is 15.4. The van der Waals surface area contributed by atoms with E-state index >= 15 is 0 Å². The van der Waals surface area contributed by atoms with E-state index in [2.05, 4.69) is 46.0 Å². The third-order valence-electron chi connectivity index (χ3n) is 8.10. The summed E-state index contributed by atoms with van der Waals surface area (Å²) >= 11 is 0. The molecule has 8 heteroatoms. The number of hydrogen-bond donors (Lipinski definition) is 3. The number of aromatic nitrogens is 3. The van der Waals surface area contributed by atoms with Crippen LogP contribution in [0.3, 0.4) is 0 Å². The Kier molecular flexibility index (Phi) is 7.47. The lowest BCUT2D eigenvalue weighted by Crippen LogP contribution is -2.26. The predicted octanol–water partition coefficient (Wildman–Crippen LogP) is 6.73. The van der Waals surface area contributed by atoms with Crippen molar-refractivity contribution in [2.24, 2.45) is 0 Å². The Bertz CT molecular complexity index is 1840. The Hall–Kier alpha value is -4.56. The number of nitrogen functional groups attached to an aromatic ring is 1. The summed E-state index contributed by atoms with van der Waals surface area (Å²) in [5, 5.41) is 8.12. The molecule has 0 fully saturated rings. The van der Waals surface area contributed by atoms with Gasteiger partial charge in [0.05, 0.1) is 18.3 Å². The van der Waals surface area contributed by atoms with Crippen LogP contribution in [0.1, 0.15) is 56.1 Å². The predicted molar refractivity (Wildman–Crippen MR) is 168 cm³/mol. The minimum Gasteiger partial charge on any atom is -0.382 e. The maximum Gasteiger partial charge on any atom is 0.228 e. The van der Waals surface area contributed by atoms with Gasteiger partial charge in [-0.1, -0.05) is 62.4 Å². The first-order chi connectivity index (χ1) is 20.3. The van der Waals surface area contributed by atoms with Gasteiger partial charge in [-0.3, -0.25) is 9.20 Å². The third kappa shape index (κ3) is 5.14. The quantitative estimate of drug-likeness (QED) is 0.204. The van der Waals surface area contributed by atoms with Crippen molar-refractivity contribution in [2.45, 2.75) is 51.5 Å². The van der Waals surface area contributed by atoms with Crippen molar-refractivity contribution in [1.82, 2.24) is 19.7 Å². The van der Waals surface area contributed by atoms with Gasteiger partial charge in [-0.05, 0) is 66.4 Å². The van der Waals surface area contributed by atoms with Gasteiger partial charge in [-0.15, -0.1) is 0 Å². The number of hydrogen-bond acceptors (Lipinski definition) is 5. The molecule has 3 aromatic carbocycles. The van der Waals surface area contributed by atoms with Crippen molar-refractivity contribution in [3.05, 3.63) is 95.8 Å². The summed E-state index contributed by atoms with van der Waals surface area (Å²) < 4.78 is 15.8. The number of anilines is 2. The molecule has 2 aromatic heterocycles. The monoisotopic (exact) mass is 562 g/mol. The number of imidazole rings is 1. The number of amides is 1. The van der Waals surface area contributed by atoms with Gasteiger partial charge in [0.2, 0.25) is 5.91 Å². The molecule has 0 saturated carbocycles. The van der Waals surface area contributed by atoms with E-state index in [4.69, 9.17) is 10.7 Å². The molecule has 0 radical (unpaired) electrons. The van der Waals surface area contributed by atoms with E-state index in [1.165, 1.54) is 17.7 Å². The highest BCUT2D eigenvalue weighted by Gasteiger charge is 2.24.